The lowest BCUT2D eigenvalue weighted by atomic mass is 9.97. The van der Waals surface area contributed by atoms with Crippen molar-refractivity contribution in [3.05, 3.63) is 24.0 Å². The number of hydrogen-bond acceptors (Lipinski definition) is 1. The van der Waals surface area contributed by atoms with Gasteiger partial charge in [-0.15, -0.1) is 11.6 Å². The van der Waals surface area contributed by atoms with Crippen LogP contribution in [0.3, 0.4) is 0 Å². The van der Waals surface area contributed by atoms with Crippen LogP contribution in [0.1, 0.15) is 6.42 Å². The zero-order chi connectivity index (χ0) is 10.1. The van der Waals surface area contributed by atoms with Gasteiger partial charge in [-0.1, -0.05) is 12.2 Å². The zero-order valence-electron chi connectivity index (χ0n) is 6.86. The molecule has 1 aliphatic carbocycles. The number of halogens is 4. The minimum Gasteiger partial charge on any atom is -0.499 e. The number of allylic oxidation sites excluding steroid dienone is 4. The summed E-state index contributed by atoms with van der Waals surface area (Å²) in [6, 6.07) is 0. The Labute approximate surface area is 78.8 Å². The van der Waals surface area contributed by atoms with Crippen molar-refractivity contribution in [1.29, 1.82) is 0 Å². The van der Waals surface area contributed by atoms with Gasteiger partial charge in [0.25, 0.3) is 0 Å². The third-order valence-electron chi connectivity index (χ3n) is 1.84. The van der Waals surface area contributed by atoms with Gasteiger partial charge in [0.15, 0.2) is 4.87 Å². The van der Waals surface area contributed by atoms with Crippen LogP contribution in [-0.2, 0) is 4.74 Å². The van der Waals surface area contributed by atoms with Crippen LogP contribution in [0.5, 0.6) is 0 Å². The molecule has 1 nitrogen and oxygen atoms in total. The molecule has 0 heterocycles. The molecular formula is C8H8ClF3O. The molecule has 74 valence electrons. The Morgan fingerprint density at radius 2 is 2.15 bits per heavy atom. The van der Waals surface area contributed by atoms with Gasteiger partial charge in [-0.3, -0.25) is 0 Å². The number of rotatable bonds is 1. The quantitative estimate of drug-likeness (QED) is 0.607. The van der Waals surface area contributed by atoms with Crippen LogP contribution < -0.4 is 0 Å². The highest BCUT2D eigenvalue weighted by atomic mass is 35.5. The highest BCUT2D eigenvalue weighted by Gasteiger charge is 2.57. The first kappa shape index (κ1) is 10.4. The molecule has 0 saturated carbocycles. The summed E-state index contributed by atoms with van der Waals surface area (Å²) in [6.07, 6.45) is -0.711. The van der Waals surface area contributed by atoms with Crippen LogP contribution in [0.15, 0.2) is 24.0 Å². The van der Waals surface area contributed by atoms with E-state index in [9.17, 15) is 13.2 Å². The zero-order valence-corrected chi connectivity index (χ0v) is 7.62. The predicted octanol–water partition coefficient (Wildman–Crippen LogP) is 3.02. The van der Waals surface area contributed by atoms with E-state index in [2.05, 4.69) is 4.74 Å². The molecule has 1 unspecified atom stereocenters. The van der Waals surface area contributed by atoms with Crippen molar-refractivity contribution in [2.75, 3.05) is 7.11 Å². The molecule has 0 radical (unpaired) electrons. The highest BCUT2D eigenvalue weighted by molar-refractivity contribution is 6.26. The van der Waals surface area contributed by atoms with Crippen molar-refractivity contribution in [3.63, 3.8) is 0 Å². The Morgan fingerprint density at radius 3 is 2.54 bits per heavy atom. The molecule has 0 fully saturated rings. The fourth-order valence-electron chi connectivity index (χ4n) is 1.10. The maximum atomic E-state index is 12.5. The van der Waals surface area contributed by atoms with Gasteiger partial charge in [-0.05, 0) is 6.08 Å². The molecule has 0 spiro atoms. The maximum absolute atomic E-state index is 12.5. The van der Waals surface area contributed by atoms with Crippen LogP contribution in [0, 0.1) is 0 Å². The number of methoxy groups -OCH3 is 1. The van der Waals surface area contributed by atoms with Crippen molar-refractivity contribution in [2.45, 2.75) is 17.5 Å². The minimum absolute atomic E-state index is 0.260. The van der Waals surface area contributed by atoms with Crippen molar-refractivity contribution in [3.8, 4) is 0 Å². The maximum Gasteiger partial charge on any atom is 0.415 e. The molecule has 0 N–H and O–H groups in total. The fourth-order valence-corrected chi connectivity index (χ4v) is 1.33. The summed E-state index contributed by atoms with van der Waals surface area (Å²) in [5, 5.41) is 0. The van der Waals surface area contributed by atoms with Crippen molar-refractivity contribution >= 4 is 11.6 Å². The van der Waals surface area contributed by atoms with Gasteiger partial charge < -0.3 is 4.74 Å². The van der Waals surface area contributed by atoms with E-state index in [1.807, 2.05) is 0 Å². The molecule has 0 amide bonds. The van der Waals surface area contributed by atoms with Gasteiger partial charge in [0.1, 0.15) is 5.76 Å². The molecule has 1 atom stereocenters. The van der Waals surface area contributed by atoms with E-state index in [0.29, 0.717) is 0 Å². The largest absolute Gasteiger partial charge is 0.499 e. The molecule has 0 aromatic heterocycles. The van der Waals surface area contributed by atoms with E-state index >= 15 is 0 Å². The summed E-state index contributed by atoms with van der Waals surface area (Å²) in [4.78, 5) is -2.39. The Morgan fingerprint density at radius 1 is 1.54 bits per heavy atom. The Kier molecular flexibility index (Phi) is 2.61. The highest BCUT2D eigenvalue weighted by Crippen LogP contribution is 2.46. The average molecular weight is 213 g/mol. The summed E-state index contributed by atoms with van der Waals surface area (Å²) in [7, 11) is 1.17. The Balaban J connectivity index is 3.03. The average Bonchev–Trinajstić information content (AvgIpc) is 2.03. The molecule has 1 aliphatic rings. The first-order valence-electron chi connectivity index (χ1n) is 3.59. The third kappa shape index (κ3) is 1.68. The van der Waals surface area contributed by atoms with Crippen molar-refractivity contribution < 1.29 is 17.9 Å². The fraction of sp³-hybridized carbons (Fsp3) is 0.500. The topological polar surface area (TPSA) is 9.23 Å². The molecule has 0 aromatic rings. The molecule has 0 aromatic carbocycles. The summed E-state index contributed by atoms with van der Waals surface area (Å²) >= 11 is 5.45. The lowest BCUT2D eigenvalue weighted by Gasteiger charge is -2.31. The van der Waals surface area contributed by atoms with Crippen LogP contribution in [0.25, 0.3) is 0 Å². The van der Waals surface area contributed by atoms with Gasteiger partial charge in [0.2, 0.25) is 0 Å². The van der Waals surface area contributed by atoms with Crippen LogP contribution in [-0.4, -0.2) is 18.2 Å². The Hall–Kier alpha value is -0.640. The van der Waals surface area contributed by atoms with E-state index < -0.39 is 11.1 Å². The first-order chi connectivity index (χ1) is 5.92. The molecule has 0 bridgehead atoms. The normalized spacial score (nSPS) is 28.5. The second kappa shape index (κ2) is 3.25. The van der Waals surface area contributed by atoms with E-state index in [1.165, 1.54) is 25.3 Å². The second-order valence-electron chi connectivity index (χ2n) is 2.67. The van der Waals surface area contributed by atoms with Crippen LogP contribution in [0.2, 0.25) is 0 Å². The van der Waals surface area contributed by atoms with Gasteiger partial charge in [-0.2, -0.15) is 13.2 Å². The van der Waals surface area contributed by atoms with Gasteiger partial charge >= 0.3 is 6.18 Å². The lowest BCUT2D eigenvalue weighted by Crippen LogP contribution is -2.42. The van der Waals surface area contributed by atoms with Gasteiger partial charge in [0, 0.05) is 6.42 Å². The first-order valence-corrected chi connectivity index (χ1v) is 3.96. The number of ether oxygens (including phenoxy) is 1. The number of alkyl halides is 4. The van der Waals surface area contributed by atoms with Crippen LogP contribution >= 0.6 is 11.6 Å². The Bertz CT molecular complexity index is 257. The van der Waals surface area contributed by atoms with Crippen molar-refractivity contribution in [1.82, 2.24) is 0 Å². The molecule has 1 rings (SSSR count). The van der Waals surface area contributed by atoms with E-state index in [1.54, 1.807) is 0 Å². The second-order valence-corrected chi connectivity index (χ2v) is 3.31. The monoisotopic (exact) mass is 212 g/mol. The van der Waals surface area contributed by atoms with E-state index in [-0.39, 0.29) is 12.2 Å². The number of hydrogen-bond donors (Lipinski definition) is 0. The molecule has 0 saturated heterocycles. The SMILES string of the molecule is COC1=CC=CCC1(Cl)C(F)(F)F. The van der Waals surface area contributed by atoms with Crippen LogP contribution in [0.4, 0.5) is 13.2 Å². The predicted molar refractivity (Wildman–Crippen MR) is 43.5 cm³/mol. The smallest absolute Gasteiger partial charge is 0.415 e. The van der Waals surface area contributed by atoms with Gasteiger partial charge in [0.05, 0.1) is 7.11 Å². The van der Waals surface area contributed by atoms with E-state index in [4.69, 9.17) is 11.6 Å². The molecule has 13 heavy (non-hydrogen) atoms. The van der Waals surface area contributed by atoms with E-state index in [0.717, 1.165) is 0 Å². The molecule has 0 aliphatic heterocycles. The summed E-state index contributed by atoms with van der Waals surface area (Å²) < 4.78 is 42.0. The standard InChI is InChI=1S/C8H8ClF3O/c1-13-6-4-2-3-5-7(6,9)8(10,11)12/h2-4H,5H2,1H3. The minimum atomic E-state index is -4.50. The summed E-state index contributed by atoms with van der Waals surface area (Å²) in [6.45, 7) is 0. The van der Waals surface area contributed by atoms with Crippen molar-refractivity contribution in [2.24, 2.45) is 0 Å². The summed E-state index contributed by atoms with van der Waals surface area (Å²) in [5.41, 5.74) is 0. The lowest BCUT2D eigenvalue weighted by molar-refractivity contribution is -0.160. The summed E-state index contributed by atoms with van der Waals surface area (Å²) in [5.74, 6) is -0.260. The molecular weight excluding hydrogens is 205 g/mol. The van der Waals surface area contributed by atoms with Gasteiger partial charge in [-0.25, -0.2) is 0 Å². The third-order valence-corrected chi connectivity index (χ3v) is 2.40. The molecule has 5 heteroatoms.